The molecule has 0 saturated carbocycles. The average Bonchev–Trinajstić information content (AvgIpc) is 2.58. The van der Waals surface area contributed by atoms with Gasteiger partial charge in [-0.15, -0.1) is 0 Å². The third-order valence-corrected chi connectivity index (χ3v) is 6.15. The van der Waals surface area contributed by atoms with Crippen molar-refractivity contribution in [1.82, 2.24) is 9.36 Å². The number of thioether (sulfide) groups is 1. The van der Waals surface area contributed by atoms with Gasteiger partial charge >= 0.3 is 0 Å². The van der Waals surface area contributed by atoms with Gasteiger partial charge in [0, 0.05) is 0 Å². The molecule has 1 fully saturated rings. The third-order valence-electron chi connectivity index (χ3n) is 2.03. The fourth-order valence-corrected chi connectivity index (χ4v) is 5.77. The average molecular weight is 266 g/mol. The lowest BCUT2D eigenvalue weighted by atomic mass is 10.3. The van der Waals surface area contributed by atoms with Gasteiger partial charge in [0.25, 0.3) is 0 Å². The summed E-state index contributed by atoms with van der Waals surface area (Å²) in [5, 5.41) is 9.25. The normalized spacial score (nSPS) is 29.5. The fraction of sp³-hybridized carbons (Fsp3) is 0.714. The fourth-order valence-electron chi connectivity index (χ4n) is 1.36. The number of sulfone groups is 1. The summed E-state index contributed by atoms with van der Waals surface area (Å²) < 4.78 is 27.2. The van der Waals surface area contributed by atoms with E-state index in [4.69, 9.17) is 0 Å². The Morgan fingerprint density at radius 3 is 2.73 bits per heavy atom. The van der Waals surface area contributed by atoms with Crippen LogP contribution in [0, 0.1) is 6.92 Å². The molecule has 0 aliphatic carbocycles. The zero-order chi connectivity index (χ0) is 11.1. The summed E-state index contributed by atoms with van der Waals surface area (Å²) in [4.78, 5) is 4.12. The summed E-state index contributed by atoms with van der Waals surface area (Å²) in [6, 6.07) is 0. The number of aromatic nitrogens is 2. The van der Waals surface area contributed by atoms with E-state index >= 15 is 0 Å². The van der Waals surface area contributed by atoms with Crippen LogP contribution >= 0.6 is 23.3 Å². The van der Waals surface area contributed by atoms with Crippen molar-refractivity contribution >= 4 is 33.1 Å². The van der Waals surface area contributed by atoms with E-state index in [9.17, 15) is 13.5 Å². The number of aliphatic hydroxyl groups is 1. The first kappa shape index (κ1) is 11.3. The Labute approximate surface area is 96.0 Å². The van der Waals surface area contributed by atoms with Crippen LogP contribution in [-0.4, -0.2) is 45.7 Å². The van der Waals surface area contributed by atoms with Gasteiger partial charge < -0.3 is 5.11 Å². The topological polar surface area (TPSA) is 80.2 Å². The van der Waals surface area contributed by atoms with E-state index in [0.29, 0.717) is 10.2 Å². The van der Waals surface area contributed by atoms with Crippen LogP contribution in [0.4, 0.5) is 0 Å². The molecule has 0 radical (unpaired) electrons. The number of nitrogens with zero attached hydrogens (tertiary/aromatic N) is 2. The monoisotopic (exact) mass is 266 g/mol. The highest BCUT2D eigenvalue weighted by molar-refractivity contribution is 8.03. The first-order valence-electron chi connectivity index (χ1n) is 4.32. The van der Waals surface area contributed by atoms with Crippen molar-refractivity contribution in [3.63, 3.8) is 0 Å². The number of hydrogen-bond donors (Lipinski definition) is 1. The lowest BCUT2D eigenvalue weighted by Gasteiger charge is -2.08. The second-order valence-corrected chi connectivity index (χ2v) is 7.80. The Morgan fingerprint density at radius 2 is 2.27 bits per heavy atom. The maximum absolute atomic E-state index is 11.2. The molecular weight excluding hydrogens is 256 g/mol. The van der Waals surface area contributed by atoms with Crippen molar-refractivity contribution in [3.05, 3.63) is 5.82 Å². The van der Waals surface area contributed by atoms with Crippen molar-refractivity contribution < 1.29 is 13.5 Å². The lowest BCUT2D eigenvalue weighted by molar-refractivity contribution is 0.207. The molecule has 1 aromatic heterocycles. The molecule has 0 bridgehead atoms. The molecule has 8 heteroatoms. The van der Waals surface area contributed by atoms with Gasteiger partial charge in [0.1, 0.15) is 5.82 Å². The zero-order valence-electron chi connectivity index (χ0n) is 7.95. The Hall–Kier alpha value is -0.180. The largest absolute Gasteiger partial charge is 0.391 e. The second-order valence-electron chi connectivity index (χ2n) is 3.41. The first-order chi connectivity index (χ1) is 6.96. The van der Waals surface area contributed by atoms with Crippen LogP contribution in [0.25, 0.3) is 0 Å². The maximum Gasteiger partial charge on any atom is 0.170 e. The van der Waals surface area contributed by atoms with Crippen LogP contribution < -0.4 is 0 Å². The Kier molecular flexibility index (Phi) is 3.02. The van der Waals surface area contributed by atoms with Gasteiger partial charge in [-0.25, -0.2) is 13.4 Å². The van der Waals surface area contributed by atoms with E-state index in [1.807, 2.05) is 0 Å². The van der Waals surface area contributed by atoms with E-state index in [-0.39, 0.29) is 16.8 Å². The Balaban J connectivity index is 2.08. The standard InChI is InChI=1S/C7H10N2O3S3/c1-4-8-7(14-9-4)13-6-3-15(11,12)2-5(6)10/h5-6,10H,2-3H2,1H3. The summed E-state index contributed by atoms with van der Waals surface area (Å²) in [6.45, 7) is 1.78. The molecule has 2 unspecified atom stereocenters. The highest BCUT2D eigenvalue weighted by Crippen LogP contribution is 2.31. The maximum atomic E-state index is 11.2. The summed E-state index contributed by atoms with van der Waals surface area (Å²) in [5.41, 5.74) is 0. The molecule has 2 rings (SSSR count). The van der Waals surface area contributed by atoms with E-state index < -0.39 is 15.9 Å². The summed E-state index contributed by atoms with van der Waals surface area (Å²) in [7, 11) is -3.07. The highest BCUT2D eigenvalue weighted by atomic mass is 32.2. The van der Waals surface area contributed by atoms with E-state index in [0.717, 1.165) is 0 Å². The van der Waals surface area contributed by atoms with Crippen molar-refractivity contribution in [2.45, 2.75) is 22.6 Å². The van der Waals surface area contributed by atoms with Crippen LogP contribution in [0.1, 0.15) is 5.82 Å². The molecular formula is C7H10N2O3S3. The van der Waals surface area contributed by atoms with Crippen LogP contribution in [0.3, 0.4) is 0 Å². The van der Waals surface area contributed by atoms with Crippen molar-refractivity contribution in [3.8, 4) is 0 Å². The Morgan fingerprint density at radius 1 is 1.53 bits per heavy atom. The second kappa shape index (κ2) is 4.00. The molecule has 84 valence electrons. The number of rotatable bonds is 2. The van der Waals surface area contributed by atoms with Crippen LogP contribution in [0.15, 0.2) is 4.34 Å². The summed E-state index contributed by atoms with van der Waals surface area (Å²) in [5.74, 6) is 0.567. The van der Waals surface area contributed by atoms with Crippen molar-refractivity contribution in [1.29, 1.82) is 0 Å². The molecule has 1 aliphatic rings. The van der Waals surface area contributed by atoms with E-state index in [1.165, 1.54) is 23.3 Å². The van der Waals surface area contributed by atoms with Crippen LogP contribution in [0.5, 0.6) is 0 Å². The molecule has 5 nitrogen and oxygen atoms in total. The van der Waals surface area contributed by atoms with Gasteiger partial charge in [-0.05, 0) is 18.5 Å². The minimum absolute atomic E-state index is 0.0253. The zero-order valence-corrected chi connectivity index (χ0v) is 10.4. The quantitative estimate of drug-likeness (QED) is 0.817. The number of aryl methyl sites for hydroxylation is 1. The van der Waals surface area contributed by atoms with Gasteiger partial charge in [-0.2, -0.15) is 4.37 Å². The Bertz CT molecular complexity index is 456. The van der Waals surface area contributed by atoms with E-state index in [1.54, 1.807) is 6.92 Å². The predicted molar refractivity (Wildman–Crippen MR) is 59.0 cm³/mol. The predicted octanol–water partition coefficient (Wildman–Crippen LogP) is 0.0965. The highest BCUT2D eigenvalue weighted by Gasteiger charge is 2.37. The van der Waals surface area contributed by atoms with Gasteiger partial charge in [0.05, 0.1) is 22.9 Å². The number of hydrogen-bond acceptors (Lipinski definition) is 7. The molecule has 1 N–H and O–H groups in total. The first-order valence-corrected chi connectivity index (χ1v) is 7.79. The summed E-state index contributed by atoms with van der Waals surface area (Å²) in [6.07, 6.45) is -0.788. The minimum Gasteiger partial charge on any atom is -0.391 e. The smallest absolute Gasteiger partial charge is 0.170 e. The molecule has 0 spiro atoms. The molecule has 15 heavy (non-hydrogen) atoms. The van der Waals surface area contributed by atoms with Gasteiger partial charge in [0.15, 0.2) is 14.2 Å². The SMILES string of the molecule is Cc1nsc(SC2CS(=O)(=O)CC2O)n1. The third kappa shape index (κ3) is 2.68. The van der Waals surface area contributed by atoms with Crippen LogP contribution in [-0.2, 0) is 9.84 Å². The molecule has 1 saturated heterocycles. The minimum atomic E-state index is -3.07. The van der Waals surface area contributed by atoms with Crippen LogP contribution in [0.2, 0.25) is 0 Å². The summed E-state index contributed by atoms with van der Waals surface area (Å²) >= 11 is 2.53. The van der Waals surface area contributed by atoms with Crippen molar-refractivity contribution in [2.24, 2.45) is 0 Å². The molecule has 0 amide bonds. The van der Waals surface area contributed by atoms with E-state index in [2.05, 4.69) is 9.36 Å². The van der Waals surface area contributed by atoms with Crippen molar-refractivity contribution in [2.75, 3.05) is 11.5 Å². The van der Waals surface area contributed by atoms with Gasteiger partial charge in [-0.3, -0.25) is 0 Å². The molecule has 1 aromatic rings. The van der Waals surface area contributed by atoms with Gasteiger partial charge in [-0.1, -0.05) is 11.8 Å². The number of aliphatic hydroxyl groups excluding tert-OH is 1. The molecule has 2 heterocycles. The molecule has 2 atom stereocenters. The van der Waals surface area contributed by atoms with Gasteiger partial charge in [0.2, 0.25) is 0 Å². The molecule has 1 aliphatic heterocycles. The lowest BCUT2D eigenvalue weighted by Crippen LogP contribution is -2.19. The molecule has 0 aromatic carbocycles.